The van der Waals surface area contributed by atoms with E-state index >= 15 is 0 Å². The van der Waals surface area contributed by atoms with Crippen LogP contribution in [-0.2, 0) is 4.79 Å². The molecule has 0 saturated carbocycles. The lowest BCUT2D eigenvalue weighted by molar-refractivity contribution is -0.117. The topological polar surface area (TPSA) is 58.4 Å². The number of carbonyl (C=O) groups excluding carboxylic acids is 1. The molecule has 4 heteroatoms. The van der Waals surface area contributed by atoms with Crippen LogP contribution in [0.5, 0.6) is 0 Å². The number of aryl methyl sites for hydroxylation is 2. The van der Waals surface area contributed by atoms with Gasteiger partial charge < -0.3 is 11.1 Å². The number of hydrogen-bond donors (Lipinski definition) is 2. The fourth-order valence-electron chi connectivity index (χ4n) is 2.16. The predicted octanol–water partition coefficient (Wildman–Crippen LogP) is 1.91. The second-order valence-electron chi connectivity index (χ2n) is 4.88. The van der Waals surface area contributed by atoms with E-state index in [9.17, 15) is 4.79 Å². The molecule has 0 radical (unpaired) electrons. The van der Waals surface area contributed by atoms with Gasteiger partial charge in [0, 0.05) is 18.8 Å². The third kappa shape index (κ3) is 5.01. The highest BCUT2D eigenvalue weighted by atomic mass is 16.2. The van der Waals surface area contributed by atoms with Crippen molar-refractivity contribution in [3.63, 3.8) is 0 Å². The molecule has 0 aliphatic heterocycles. The molecule has 106 valence electrons. The molecule has 0 aliphatic rings. The Labute approximate surface area is 116 Å². The Morgan fingerprint density at radius 1 is 1.26 bits per heavy atom. The highest BCUT2D eigenvalue weighted by Crippen LogP contribution is 2.19. The number of para-hydroxylation sites is 1. The van der Waals surface area contributed by atoms with Crippen LogP contribution in [0, 0.1) is 13.8 Å². The minimum absolute atomic E-state index is 0.0271. The molecule has 0 spiro atoms. The van der Waals surface area contributed by atoms with E-state index in [0.29, 0.717) is 13.1 Å². The van der Waals surface area contributed by atoms with Crippen LogP contribution in [0.1, 0.15) is 24.5 Å². The van der Waals surface area contributed by atoms with Gasteiger partial charge in [0.2, 0.25) is 5.91 Å². The fourth-order valence-corrected chi connectivity index (χ4v) is 2.16. The minimum atomic E-state index is 0.0271. The molecule has 0 aliphatic carbocycles. The van der Waals surface area contributed by atoms with Crippen molar-refractivity contribution >= 4 is 11.6 Å². The van der Waals surface area contributed by atoms with Gasteiger partial charge in [-0.15, -0.1) is 0 Å². The van der Waals surface area contributed by atoms with Gasteiger partial charge in [0.15, 0.2) is 0 Å². The molecular formula is C15H25N3O. The zero-order chi connectivity index (χ0) is 14.3. The van der Waals surface area contributed by atoms with Crippen LogP contribution in [0.15, 0.2) is 18.2 Å². The molecule has 3 N–H and O–H groups in total. The molecule has 1 aromatic carbocycles. The summed E-state index contributed by atoms with van der Waals surface area (Å²) in [4.78, 5) is 14.2. The maximum absolute atomic E-state index is 12.1. The highest BCUT2D eigenvalue weighted by Gasteiger charge is 2.11. The maximum Gasteiger partial charge on any atom is 0.238 e. The van der Waals surface area contributed by atoms with E-state index in [1.54, 1.807) is 0 Å². The summed E-state index contributed by atoms with van der Waals surface area (Å²) in [5.74, 6) is 0.0271. The van der Waals surface area contributed by atoms with E-state index in [2.05, 4.69) is 17.1 Å². The molecule has 1 rings (SSSR count). The van der Waals surface area contributed by atoms with E-state index in [1.165, 1.54) is 0 Å². The Kier molecular flexibility index (Phi) is 6.53. The van der Waals surface area contributed by atoms with Gasteiger partial charge in [-0.25, -0.2) is 0 Å². The Bertz CT molecular complexity index is 392. The molecule has 4 nitrogen and oxygen atoms in total. The lowest BCUT2D eigenvalue weighted by Crippen LogP contribution is -2.37. The van der Waals surface area contributed by atoms with Crippen LogP contribution >= 0.6 is 0 Å². The standard InChI is InChI=1S/C15H25N3O/c1-4-9-18(10-8-16)11-14(19)17-15-12(2)6-5-7-13(15)3/h5-7H,4,8-11,16H2,1-3H3,(H,17,19). The SMILES string of the molecule is CCCN(CCN)CC(=O)Nc1c(C)cccc1C. The number of benzene rings is 1. The molecule has 0 aromatic heterocycles. The number of nitrogens with zero attached hydrogens (tertiary/aromatic N) is 1. The molecule has 0 atom stereocenters. The molecule has 0 fully saturated rings. The monoisotopic (exact) mass is 263 g/mol. The van der Waals surface area contributed by atoms with Crippen molar-refractivity contribution in [1.82, 2.24) is 4.90 Å². The summed E-state index contributed by atoms with van der Waals surface area (Å²) >= 11 is 0. The first-order chi connectivity index (χ1) is 9.08. The number of amides is 1. The van der Waals surface area contributed by atoms with E-state index in [0.717, 1.165) is 36.3 Å². The summed E-state index contributed by atoms with van der Waals surface area (Å²) in [5.41, 5.74) is 8.67. The van der Waals surface area contributed by atoms with Gasteiger partial charge in [-0.2, -0.15) is 0 Å². The summed E-state index contributed by atoms with van der Waals surface area (Å²) in [7, 11) is 0. The van der Waals surface area contributed by atoms with Crippen LogP contribution in [0.25, 0.3) is 0 Å². The van der Waals surface area contributed by atoms with E-state index in [1.807, 2.05) is 32.0 Å². The highest BCUT2D eigenvalue weighted by molar-refractivity contribution is 5.93. The van der Waals surface area contributed by atoms with Crippen LogP contribution in [0.4, 0.5) is 5.69 Å². The van der Waals surface area contributed by atoms with Crippen molar-refractivity contribution in [3.05, 3.63) is 29.3 Å². The van der Waals surface area contributed by atoms with E-state index < -0.39 is 0 Å². The number of hydrogen-bond acceptors (Lipinski definition) is 3. The van der Waals surface area contributed by atoms with Crippen molar-refractivity contribution in [1.29, 1.82) is 0 Å². The third-order valence-corrected chi connectivity index (χ3v) is 3.10. The number of rotatable bonds is 7. The van der Waals surface area contributed by atoms with Gasteiger partial charge in [-0.3, -0.25) is 9.69 Å². The van der Waals surface area contributed by atoms with Crippen LogP contribution in [0.3, 0.4) is 0 Å². The summed E-state index contributed by atoms with van der Waals surface area (Å²) in [6, 6.07) is 6.01. The molecule has 1 aromatic rings. The second kappa shape index (κ2) is 7.92. The number of anilines is 1. The van der Waals surface area contributed by atoms with Crippen molar-refractivity contribution in [2.45, 2.75) is 27.2 Å². The van der Waals surface area contributed by atoms with Gasteiger partial charge in [-0.1, -0.05) is 25.1 Å². The first-order valence-corrected chi connectivity index (χ1v) is 6.87. The maximum atomic E-state index is 12.1. The van der Waals surface area contributed by atoms with Crippen molar-refractivity contribution in [3.8, 4) is 0 Å². The number of nitrogens with one attached hydrogen (secondary N) is 1. The Morgan fingerprint density at radius 2 is 1.89 bits per heavy atom. The number of carbonyl (C=O) groups is 1. The Balaban J connectivity index is 2.63. The van der Waals surface area contributed by atoms with E-state index in [4.69, 9.17) is 5.73 Å². The molecular weight excluding hydrogens is 238 g/mol. The lowest BCUT2D eigenvalue weighted by Gasteiger charge is -2.20. The Hall–Kier alpha value is -1.39. The zero-order valence-corrected chi connectivity index (χ0v) is 12.2. The lowest BCUT2D eigenvalue weighted by atomic mass is 10.1. The van der Waals surface area contributed by atoms with Crippen molar-refractivity contribution in [2.24, 2.45) is 5.73 Å². The molecule has 0 heterocycles. The third-order valence-electron chi connectivity index (χ3n) is 3.10. The predicted molar refractivity (Wildman–Crippen MR) is 80.3 cm³/mol. The number of nitrogens with two attached hydrogens (primary N) is 1. The van der Waals surface area contributed by atoms with Gasteiger partial charge in [0.1, 0.15) is 0 Å². The normalized spacial score (nSPS) is 10.8. The van der Waals surface area contributed by atoms with Gasteiger partial charge in [0.05, 0.1) is 6.54 Å². The average Bonchev–Trinajstić information content (AvgIpc) is 2.35. The second-order valence-corrected chi connectivity index (χ2v) is 4.88. The first-order valence-electron chi connectivity index (χ1n) is 6.87. The molecule has 0 saturated heterocycles. The fraction of sp³-hybridized carbons (Fsp3) is 0.533. The molecule has 1 amide bonds. The van der Waals surface area contributed by atoms with Crippen LogP contribution < -0.4 is 11.1 Å². The summed E-state index contributed by atoms with van der Waals surface area (Å²) in [6.07, 6.45) is 1.02. The van der Waals surface area contributed by atoms with E-state index in [-0.39, 0.29) is 5.91 Å². The molecule has 0 bridgehead atoms. The van der Waals surface area contributed by atoms with Gasteiger partial charge >= 0.3 is 0 Å². The van der Waals surface area contributed by atoms with Gasteiger partial charge in [0.25, 0.3) is 0 Å². The average molecular weight is 263 g/mol. The molecule has 0 unspecified atom stereocenters. The smallest absolute Gasteiger partial charge is 0.238 e. The summed E-state index contributed by atoms with van der Waals surface area (Å²) in [6.45, 7) is 8.76. The minimum Gasteiger partial charge on any atom is -0.329 e. The summed E-state index contributed by atoms with van der Waals surface area (Å²) < 4.78 is 0. The zero-order valence-electron chi connectivity index (χ0n) is 12.2. The first kappa shape index (κ1) is 15.7. The van der Waals surface area contributed by atoms with Crippen LogP contribution in [-0.4, -0.2) is 37.0 Å². The van der Waals surface area contributed by atoms with Crippen molar-refractivity contribution in [2.75, 3.05) is 31.5 Å². The Morgan fingerprint density at radius 3 is 2.42 bits per heavy atom. The van der Waals surface area contributed by atoms with Gasteiger partial charge in [-0.05, 0) is 37.9 Å². The van der Waals surface area contributed by atoms with Crippen molar-refractivity contribution < 1.29 is 4.79 Å². The summed E-state index contributed by atoms with van der Waals surface area (Å²) in [5, 5.41) is 3.00. The molecule has 19 heavy (non-hydrogen) atoms. The van der Waals surface area contributed by atoms with Crippen LogP contribution in [0.2, 0.25) is 0 Å². The quantitative estimate of drug-likeness (QED) is 0.790. The largest absolute Gasteiger partial charge is 0.329 e.